The Morgan fingerprint density at radius 3 is 2.17 bits per heavy atom. The predicted octanol–water partition coefficient (Wildman–Crippen LogP) is 4.45. The summed E-state index contributed by atoms with van der Waals surface area (Å²) in [5.41, 5.74) is 2.72. The van der Waals surface area contributed by atoms with E-state index in [0.717, 1.165) is 31.9 Å². The maximum Gasteiger partial charge on any atom is 0.262 e. The molecule has 0 saturated carbocycles. The summed E-state index contributed by atoms with van der Waals surface area (Å²) in [6.45, 7) is 11.5. The van der Waals surface area contributed by atoms with Gasteiger partial charge < -0.3 is 20.4 Å². The first kappa shape index (κ1) is 26.3. The van der Waals surface area contributed by atoms with E-state index in [-0.39, 0.29) is 24.1 Å². The first-order valence-corrected chi connectivity index (χ1v) is 12.9. The summed E-state index contributed by atoms with van der Waals surface area (Å²) in [5, 5.41) is 5.83. The molecule has 1 unspecified atom stereocenters. The topological polar surface area (TPSA) is 94.1 Å². The molecule has 186 valence electrons. The number of nitrogens with zero attached hydrogens (tertiary/aromatic N) is 3. The molecule has 35 heavy (non-hydrogen) atoms. The lowest BCUT2D eigenvalue weighted by atomic mass is 10.1. The van der Waals surface area contributed by atoms with Crippen molar-refractivity contribution in [3.05, 3.63) is 54.1 Å². The standard InChI is InChI=1S/C26H33N5O3S/c1-5-30(6-2)21-14-12-19(13-15-21)28-24(33)18-10-9-11-20(16-18)27-23(32)17-22-25(34)29-26(35-22)31(7-3)8-4/h9-16,22H,5-8,17H2,1-4H3,(H,27,32)(H,28,33). The van der Waals surface area contributed by atoms with Gasteiger partial charge in [-0.25, -0.2) is 0 Å². The number of hydrogen-bond donors (Lipinski definition) is 2. The van der Waals surface area contributed by atoms with Crippen LogP contribution in [-0.4, -0.2) is 59.2 Å². The van der Waals surface area contributed by atoms with Crippen LogP contribution in [0.3, 0.4) is 0 Å². The molecular weight excluding hydrogens is 462 g/mol. The van der Waals surface area contributed by atoms with Gasteiger partial charge in [0.1, 0.15) is 5.25 Å². The van der Waals surface area contributed by atoms with Gasteiger partial charge in [-0.3, -0.25) is 14.4 Å². The Morgan fingerprint density at radius 1 is 0.886 bits per heavy atom. The highest BCUT2D eigenvalue weighted by atomic mass is 32.2. The van der Waals surface area contributed by atoms with Gasteiger partial charge in [0.25, 0.3) is 11.8 Å². The third-order valence-electron chi connectivity index (χ3n) is 5.80. The number of carbonyl (C=O) groups is 3. The monoisotopic (exact) mass is 495 g/mol. The Hall–Kier alpha value is -3.33. The van der Waals surface area contributed by atoms with Gasteiger partial charge in [0.15, 0.2) is 5.17 Å². The van der Waals surface area contributed by atoms with Crippen molar-refractivity contribution in [2.24, 2.45) is 4.99 Å². The van der Waals surface area contributed by atoms with Crippen LogP contribution in [0.4, 0.5) is 17.1 Å². The molecule has 0 radical (unpaired) electrons. The van der Waals surface area contributed by atoms with Crippen molar-refractivity contribution in [2.45, 2.75) is 39.4 Å². The van der Waals surface area contributed by atoms with E-state index in [9.17, 15) is 14.4 Å². The van der Waals surface area contributed by atoms with Gasteiger partial charge in [-0.2, -0.15) is 4.99 Å². The largest absolute Gasteiger partial charge is 0.372 e. The van der Waals surface area contributed by atoms with Crippen LogP contribution in [-0.2, 0) is 9.59 Å². The average Bonchev–Trinajstić information content (AvgIpc) is 3.21. The van der Waals surface area contributed by atoms with Crippen LogP contribution in [0.25, 0.3) is 0 Å². The fraction of sp³-hybridized carbons (Fsp3) is 0.385. The number of amidine groups is 1. The molecule has 2 aromatic rings. The number of rotatable bonds is 10. The van der Waals surface area contributed by atoms with Crippen molar-refractivity contribution < 1.29 is 14.4 Å². The van der Waals surface area contributed by atoms with E-state index in [0.29, 0.717) is 22.1 Å². The Labute approximate surface area is 211 Å². The van der Waals surface area contributed by atoms with E-state index >= 15 is 0 Å². The number of benzene rings is 2. The van der Waals surface area contributed by atoms with Gasteiger partial charge in [-0.1, -0.05) is 17.8 Å². The van der Waals surface area contributed by atoms with Crippen LogP contribution in [0, 0.1) is 0 Å². The van der Waals surface area contributed by atoms with Crippen molar-refractivity contribution in [1.29, 1.82) is 0 Å². The molecule has 2 aromatic carbocycles. The maximum absolute atomic E-state index is 12.8. The molecule has 1 atom stereocenters. The number of carbonyl (C=O) groups excluding carboxylic acids is 3. The molecule has 1 aliphatic heterocycles. The highest BCUT2D eigenvalue weighted by molar-refractivity contribution is 8.15. The number of anilines is 3. The number of aliphatic imine (C=N–C) groups is 1. The number of amides is 3. The van der Waals surface area contributed by atoms with Crippen molar-refractivity contribution in [2.75, 3.05) is 41.7 Å². The first-order valence-electron chi connectivity index (χ1n) is 12.0. The van der Waals surface area contributed by atoms with Crippen LogP contribution in [0.15, 0.2) is 53.5 Å². The summed E-state index contributed by atoms with van der Waals surface area (Å²) in [7, 11) is 0. The van der Waals surface area contributed by atoms with Crippen molar-refractivity contribution in [3.8, 4) is 0 Å². The molecule has 0 aliphatic carbocycles. The zero-order valence-corrected chi connectivity index (χ0v) is 21.5. The molecule has 0 aromatic heterocycles. The summed E-state index contributed by atoms with van der Waals surface area (Å²) in [4.78, 5) is 45.9. The molecule has 3 rings (SSSR count). The highest BCUT2D eigenvalue weighted by Crippen LogP contribution is 2.27. The molecule has 0 saturated heterocycles. The second-order valence-electron chi connectivity index (χ2n) is 8.02. The smallest absolute Gasteiger partial charge is 0.262 e. The molecule has 1 aliphatic rings. The van der Waals surface area contributed by atoms with Crippen LogP contribution >= 0.6 is 11.8 Å². The molecule has 2 N–H and O–H groups in total. The minimum atomic E-state index is -0.531. The molecule has 8 nitrogen and oxygen atoms in total. The Kier molecular flexibility index (Phi) is 9.31. The maximum atomic E-state index is 12.8. The minimum Gasteiger partial charge on any atom is -0.372 e. The second-order valence-corrected chi connectivity index (χ2v) is 9.19. The first-order chi connectivity index (χ1) is 16.9. The fourth-order valence-corrected chi connectivity index (χ4v) is 5.00. The van der Waals surface area contributed by atoms with Crippen molar-refractivity contribution >= 4 is 51.7 Å². The molecule has 1 heterocycles. The third kappa shape index (κ3) is 6.85. The predicted molar refractivity (Wildman–Crippen MR) is 144 cm³/mol. The zero-order valence-electron chi connectivity index (χ0n) is 20.7. The van der Waals surface area contributed by atoms with E-state index in [1.165, 1.54) is 11.8 Å². The number of hydrogen-bond acceptors (Lipinski definition) is 6. The SMILES string of the molecule is CCN(CC)C1=NC(=O)C(CC(=O)Nc2cccc(C(=O)Nc3ccc(N(CC)CC)cc3)c2)S1. The molecule has 9 heteroatoms. The molecule has 0 bridgehead atoms. The van der Waals surface area contributed by atoms with Crippen molar-refractivity contribution in [3.63, 3.8) is 0 Å². The molecule has 0 spiro atoms. The van der Waals surface area contributed by atoms with Gasteiger partial charge in [0.05, 0.1) is 0 Å². The van der Waals surface area contributed by atoms with Gasteiger partial charge in [-0.05, 0) is 70.2 Å². The highest BCUT2D eigenvalue weighted by Gasteiger charge is 2.32. The quantitative estimate of drug-likeness (QED) is 0.506. The Morgan fingerprint density at radius 2 is 1.54 bits per heavy atom. The van der Waals surface area contributed by atoms with Crippen LogP contribution < -0.4 is 15.5 Å². The Bertz CT molecular complexity index is 1080. The lowest BCUT2D eigenvalue weighted by Gasteiger charge is -2.21. The van der Waals surface area contributed by atoms with Crippen LogP contribution in [0.1, 0.15) is 44.5 Å². The van der Waals surface area contributed by atoms with Crippen molar-refractivity contribution in [1.82, 2.24) is 4.90 Å². The summed E-state index contributed by atoms with van der Waals surface area (Å²) >= 11 is 1.33. The van der Waals surface area contributed by atoms with Gasteiger partial charge in [0.2, 0.25) is 5.91 Å². The summed E-state index contributed by atoms with van der Waals surface area (Å²) in [6.07, 6.45) is 0.0209. The average molecular weight is 496 g/mol. The third-order valence-corrected chi connectivity index (χ3v) is 7.01. The number of nitrogens with one attached hydrogen (secondary N) is 2. The second kappa shape index (κ2) is 12.4. The van der Waals surface area contributed by atoms with E-state index in [4.69, 9.17) is 0 Å². The normalized spacial score (nSPS) is 14.9. The fourth-order valence-electron chi connectivity index (χ4n) is 3.80. The van der Waals surface area contributed by atoms with E-state index in [1.807, 2.05) is 43.0 Å². The van der Waals surface area contributed by atoms with Crippen LogP contribution in [0.5, 0.6) is 0 Å². The van der Waals surface area contributed by atoms with E-state index in [2.05, 4.69) is 34.4 Å². The van der Waals surface area contributed by atoms with Gasteiger partial charge in [0, 0.05) is 55.2 Å². The molecular formula is C26H33N5O3S. The lowest BCUT2D eigenvalue weighted by Crippen LogP contribution is -2.27. The summed E-state index contributed by atoms with van der Waals surface area (Å²) in [5.74, 6) is -0.848. The lowest BCUT2D eigenvalue weighted by molar-refractivity contribution is -0.121. The van der Waals surface area contributed by atoms with E-state index in [1.54, 1.807) is 24.3 Å². The van der Waals surface area contributed by atoms with Crippen LogP contribution in [0.2, 0.25) is 0 Å². The number of thioether (sulfide) groups is 1. The zero-order chi connectivity index (χ0) is 25.4. The van der Waals surface area contributed by atoms with Gasteiger partial charge >= 0.3 is 0 Å². The Balaban J connectivity index is 1.57. The minimum absolute atomic E-state index is 0.0209. The van der Waals surface area contributed by atoms with Gasteiger partial charge in [-0.15, -0.1) is 0 Å². The summed E-state index contributed by atoms with van der Waals surface area (Å²) < 4.78 is 0. The summed E-state index contributed by atoms with van der Waals surface area (Å²) in [6, 6.07) is 14.5. The molecule has 3 amide bonds. The van der Waals surface area contributed by atoms with E-state index < -0.39 is 5.25 Å². The molecule has 0 fully saturated rings.